The molecular formula is C13H16N2O5S2. The van der Waals surface area contributed by atoms with Crippen LogP contribution in [0.5, 0.6) is 0 Å². The Balaban J connectivity index is 0.000000220. The Morgan fingerprint density at radius 2 is 1.95 bits per heavy atom. The molecule has 0 unspecified atom stereocenters. The van der Waals surface area contributed by atoms with Crippen LogP contribution < -0.4 is 5.73 Å². The second-order valence-corrected chi connectivity index (χ2v) is 6.56. The van der Waals surface area contributed by atoms with E-state index in [1.807, 2.05) is 6.92 Å². The van der Waals surface area contributed by atoms with E-state index in [4.69, 9.17) is 15.4 Å². The van der Waals surface area contributed by atoms with Gasteiger partial charge in [-0.05, 0) is 19.1 Å². The molecule has 0 radical (unpaired) electrons. The van der Waals surface area contributed by atoms with Crippen molar-refractivity contribution in [1.29, 1.82) is 0 Å². The minimum absolute atomic E-state index is 0.0666. The molecule has 7 nitrogen and oxygen atoms in total. The Bertz CT molecular complexity index is 697. The summed E-state index contributed by atoms with van der Waals surface area (Å²) in [4.78, 5) is 14.1. The van der Waals surface area contributed by atoms with Gasteiger partial charge in [-0.2, -0.15) is 8.42 Å². The molecule has 0 bridgehead atoms. The first-order valence-corrected chi connectivity index (χ1v) is 8.48. The molecule has 1 atom stereocenters. The van der Waals surface area contributed by atoms with Crippen molar-refractivity contribution in [2.45, 2.75) is 24.3 Å². The van der Waals surface area contributed by atoms with Gasteiger partial charge in [-0.15, -0.1) is 11.3 Å². The normalized spacial score (nSPS) is 12.1. The number of hydrogen-bond acceptors (Lipinski definition) is 6. The van der Waals surface area contributed by atoms with Gasteiger partial charge in [0, 0.05) is 11.8 Å². The largest absolute Gasteiger partial charge is 0.480 e. The van der Waals surface area contributed by atoms with E-state index in [2.05, 4.69) is 4.98 Å². The van der Waals surface area contributed by atoms with Crippen LogP contribution in [0.4, 0.5) is 0 Å². The second kappa shape index (κ2) is 7.99. The Morgan fingerprint density at radius 1 is 1.36 bits per heavy atom. The average Bonchev–Trinajstić information content (AvgIpc) is 2.91. The fourth-order valence-electron chi connectivity index (χ4n) is 1.36. The molecule has 4 N–H and O–H groups in total. The minimum atomic E-state index is -4.02. The predicted octanol–water partition coefficient (Wildman–Crippen LogP) is 1.34. The van der Waals surface area contributed by atoms with Crippen molar-refractivity contribution in [3.63, 3.8) is 0 Å². The van der Waals surface area contributed by atoms with Crippen molar-refractivity contribution in [2.75, 3.05) is 0 Å². The monoisotopic (exact) mass is 344 g/mol. The smallest absolute Gasteiger partial charge is 0.320 e. The third kappa shape index (κ3) is 6.31. The highest BCUT2D eigenvalue weighted by Gasteiger charge is 2.12. The molecule has 22 heavy (non-hydrogen) atoms. The van der Waals surface area contributed by atoms with Crippen molar-refractivity contribution in [1.82, 2.24) is 4.98 Å². The molecule has 0 aliphatic heterocycles. The van der Waals surface area contributed by atoms with Crippen molar-refractivity contribution in [3.05, 3.63) is 46.4 Å². The number of nitrogens with zero attached hydrogens (tertiary/aromatic N) is 1. The number of carbonyl (C=O) groups is 1. The minimum Gasteiger partial charge on any atom is -0.480 e. The number of carboxylic acid groups (broad SMARTS) is 1. The van der Waals surface area contributed by atoms with Gasteiger partial charge in [0.15, 0.2) is 0 Å². The van der Waals surface area contributed by atoms with E-state index in [1.165, 1.54) is 23.5 Å². The van der Waals surface area contributed by atoms with Crippen LogP contribution in [-0.2, 0) is 21.3 Å². The molecule has 1 heterocycles. The number of carboxylic acids is 1. The number of nitrogens with two attached hydrogens (primary N) is 1. The quantitative estimate of drug-likeness (QED) is 0.713. The first kappa shape index (κ1) is 18.2. The SMILES string of the molecule is Cc1ccc(S(=O)(=O)O)cc1.N[C@@H](Cc1cscn1)C(=O)O. The van der Waals surface area contributed by atoms with E-state index in [0.717, 1.165) is 11.3 Å². The fourth-order valence-corrected chi connectivity index (χ4v) is 2.41. The standard InChI is InChI=1S/C7H8O3S.C6H8N2O2S/c1-6-2-4-7(5-3-6)11(8,9)10;7-5(6(9)10)1-4-2-11-3-8-4/h2-5H,1H3,(H,8,9,10);2-3,5H,1,7H2,(H,9,10)/t;5-/m.0/s1. The van der Waals surface area contributed by atoms with Crippen molar-refractivity contribution in [2.24, 2.45) is 5.73 Å². The molecule has 2 aromatic rings. The van der Waals surface area contributed by atoms with Gasteiger partial charge in [0.1, 0.15) is 6.04 Å². The second-order valence-electron chi connectivity index (χ2n) is 4.42. The van der Waals surface area contributed by atoms with Crippen LogP contribution in [0.2, 0.25) is 0 Å². The van der Waals surface area contributed by atoms with Gasteiger partial charge in [0.05, 0.1) is 16.1 Å². The summed E-state index contributed by atoms with van der Waals surface area (Å²) in [5.74, 6) is -0.988. The maximum atomic E-state index is 10.5. The Morgan fingerprint density at radius 3 is 2.36 bits per heavy atom. The summed E-state index contributed by atoms with van der Waals surface area (Å²) in [6.45, 7) is 1.84. The molecule has 120 valence electrons. The molecule has 0 spiro atoms. The fraction of sp³-hybridized carbons (Fsp3) is 0.231. The lowest BCUT2D eigenvalue weighted by Crippen LogP contribution is -2.32. The Kier molecular flexibility index (Phi) is 6.62. The zero-order chi connectivity index (χ0) is 16.8. The summed E-state index contributed by atoms with van der Waals surface area (Å²) in [6, 6.07) is 5.15. The number of aromatic nitrogens is 1. The summed E-state index contributed by atoms with van der Waals surface area (Å²) in [7, 11) is -4.02. The van der Waals surface area contributed by atoms with Crippen molar-refractivity contribution >= 4 is 27.4 Å². The van der Waals surface area contributed by atoms with Crippen LogP contribution in [0.25, 0.3) is 0 Å². The van der Waals surface area contributed by atoms with Gasteiger partial charge < -0.3 is 10.8 Å². The van der Waals surface area contributed by atoms with E-state index in [0.29, 0.717) is 6.42 Å². The van der Waals surface area contributed by atoms with Crippen LogP contribution in [-0.4, -0.2) is 35.1 Å². The van der Waals surface area contributed by atoms with E-state index < -0.39 is 22.1 Å². The molecule has 0 amide bonds. The van der Waals surface area contributed by atoms with Crippen LogP contribution in [0.1, 0.15) is 11.3 Å². The molecule has 0 aliphatic carbocycles. The molecule has 2 rings (SSSR count). The molecule has 0 saturated carbocycles. The highest BCUT2D eigenvalue weighted by atomic mass is 32.2. The molecule has 0 saturated heterocycles. The molecular weight excluding hydrogens is 328 g/mol. The lowest BCUT2D eigenvalue weighted by atomic mass is 10.2. The molecule has 1 aromatic heterocycles. The first-order chi connectivity index (χ1) is 10.2. The highest BCUT2D eigenvalue weighted by Crippen LogP contribution is 2.08. The van der Waals surface area contributed by atoms with Crippen LogP contribution in [0.15, 0.2) is 40.1 Å². The third-order valence-electron chi connectivity index (χ3n) is 2.55. The summed E-state index contributed by atoms with van der Waals surface area (Å²) >= 11 is 1.43. The first-order valence-electron chi connectivity index (χ1n) is 6.09. The maximum absolute atomic E-state index is 10.5. The van der Waals surface area contributed by atoms with Crippen LogP contribution in [0.3, 0.4) is 0 Å². The summed E-state index contributed by atoms with van der Waals surface area (Å²) in [5.41, 5.74) is 8.63. The highest BCUT2D eigenvalue weighted by molar-refractivity contribution is 7.85. The van der Waals surface area contributed by atoms with Gasteiger partial charge in [0.2, 0.25) is 0 Å². The van der Waals surface area contributed by atoms with E-state index in [9.17, 15) is 13.2 Å². The number of aliphatic carboxylic acids is 1. The average molecular weight is 344 g/mol. The molecule has 0 fully saturated rings. The van der Waals surface area contributed by atoms with Crippen molar-refractivity contribution in [3.8, 4) is 0 Å². The lowest BCUT2D eigenvalue weighted by Gasteiger charge is -2.01. The van der Waals surface area contributed by atoms with Gasteiger partial charge in [-0.25, -0.2) is 4.98 Å². The number of benzene rings is 1. The van der Waals surface area contributed by atoms with Crippen molar-refractivity contribution < 1.29 is 22.9 Å². The zero-order valence-electron chi connectivity index (χ0n) is 11.7. The summed E-state index contributed by atoms with van der Waals surface area (Å²) < 4.78 is 29.6. The molecule has 0 aliphatic rings. The zero-order valence-corrected chi connectivity index (χ0v) is 13.3. The maximum Gasteiger partial charge on any atom is 0.320 e. The van der Waals surface area contributed by atoms with E-state index in [-0.39, 0.29) is 4.90 Å². The topological polar surface area (TPSA) is 131 Å². The van der Waals surface area contributed by atoms with E-state index in [1.54, 1.807) is 23.0 Å². The molecule has 1 aromatic carbocycles. The number of hydrogen-bond donors (Lipinski definition) is 3. The number of aryl methyl sites for hydroxylation is 1. The predicted molar refractivity (Wildman–Crippen MR) is 82.4 cm³/mol. The van der Waals surface area contributed by atoms with Gasteiger partial charge >= 0.3 is 5.97 Å². The number of thiazole rings is 1. The Hall–Kier alpha value is -1.81. The van der Waals surface area contributed by atoms with Gasteiger partial charge in [-0.1, -0.05) is 17.7 Å². The van der Waals surface area contributed by atoms with E-state index >= 15 is 0 Å². The van der Waals surface area contributed by atoms with Crippen LogP contribution >= 0.6 is 11.3 Å². The van der Waals surface area contributed by atoms with Crippen LogP contribution in [0, 0.1) is 6.92 Å². The third-order valence-corrected chi connectivity index (χ3v) is 4.05. The number of rotatable bonds is 4. The van der Waals surface area contributed by atoms with Gasteiger partial charge in [0.25, 0.3) is 10.1 Å². The summed E-state index contributed by atoms with van der Waals surface area (Å²) in [5, 5.41) is 10.2. The summed E-state index contributed by atoms with van der Waals surface area (Å²) in [6.07, 6.45) is 0.304. The molecule has 9 heteroatoms. The Labute approximate surface area is 132 Å². The lowest BCUT2D eigenvalue weighted by molar-refractivity contribution is -0.138. The van der Waals surface area contributed by atoms with Gasteiger partial charge in [-0.3, -0.25) is 9.35 Å².